The zero-order valence-corrected chi connectivity index (χ0v) is 18.8. The fraction of sp³-hybridized carbons (Fsp3) is 0.179. The van der Waals surface area contributed by atoms with E-state index in [-0.39, 0.29) is 24.4 Å². The molecule has 1 saturated heterocycles. The lowest BCUT2D eigenvalue weighted by Crippen LogP contribution is -2.61. The number of nitrogens with zero attached hydrogens (tertiary/aromatic N) is 3. The fourth-order valence-corrected chi connectivity index (χ4v) is 5.19. The highest BCUT2D eigenvalue weighted by Gasteiger charge is 2.48. The molecule has 0 radical (unpaired) electrons. The second kappa shape index (κ2) is 7.99. The molecule has 1 fully saturated rings. The molecule has 0 aliphatic carbocycles. The Hall–Kier alpha value is -4.19. The maximum atomic E-state index is 13.7. The van der Waals surface area contributed by atoms with Crippen molar-refractivity contribution in [2.75, 3.05) is 6.54 Å². The Morgan fingerprint density at radius 3 is 2.50 bits per heavy atom. The van der Waals surface area contributed by atoms with E-state index in [1.54, 1.807) is 11.1 Å². The molecule has 2 aliphatic heterocycles. The van der Waals surface area contributed by atoms with Gasteiger partial charge < -0.3 is 9.88 Å². The number of piperazine rings is 1. The maximum Gasteiger partial charge on any atom is 0.266 e. The van der Waals surface area contributed by atoms with Gasteiger partial charge in [0.05, 0.1) is 12.3 Å². The highest BCUT2D eigenvalue weighted by Crippen LogP contribution is 2.42. The topological polar surface area (TPSA) is 68.8 Å². The molecule has 1 aromatic heterocycles. The zero-order valence-electron chi connectivity index (χ0n) is 18.8. The molecular formula is C28H24N4O2. The molecule has 2 atom stereocenters. The van der Waals surface area contributed by atoms with Gasteiger partial charge in [-0.2, -0.15) is 5.10 Å². The molecule has 168 valence electrons. The second-order valence-electron chi connectivity index (χ2n) is 8.89. The lowest BCUT2D eigenvalue weighted by molar-refractivity contribution is -0.158. The molecule has 34 heavy (non-hydrogen) atoms. The van der Waals surface area contributed by atoms with E-state index in [1.807, 2.05) is 79.7 Å². The average molecular weight is 449 g/mol. The zero-order chi connectivity index (χ0) is 23.2. The number of nitrogens with one attached hydrogen (secondary N) is 1. The van der Waals surface area contributed by atoms with Gasteiger partial charge in [0.15, 0.2) is 0 Å². The molecule has 3 aromatic carbocycles. The van der Waals surface area contributed by atoms with Crippen molar-refractivity contribution >= 4 is 28.9 Å². The van der Waals surface area contributed by atoms with Gasteiger partial charge in [-0.3, -0.25) is 9.59 Å². The molecule has 6 heteroatoms. The average Bonchev–Trinajstić information content (AvgIpc) is 3.24. The Balaban J connectivity index is 1.44. The summed E-state index contributed by atoms with van der Waals surface area (Å²) < 4.78 is 0. The summed E-state index contributed by atoms with van der Waals surface area (Å²) in [5.41, 5.74) is 6.07. The predicted molar refractivity (Wildman–Crippen MR) is 131 cm³/mol. The van der Waals surface area contributed by atoms with Gasteiger partial charge in [-0.1, -0.05) is 72.8 Å². The first-order chi connectivity index (χ1) is 16.6. The van der Waals surface area contributed by atoms with Crippen LogP contribution in [0.5, 0.6) is 0 Å². The van der Waals surface area contributed by atoms with Crippen molar-refractivity contribution in [3.8, 4) is 0 Å². The van der Waals surface area contributed by atoms with Crippen LogP contribution in [-0.4, -0.2) is 45.5 Å². The van der Waals surface area contributed by atoms with Crippen molar-refractivity contribution in [1.29, 1.82) is 0 Å². The number of amides is 2. The largest absolute Gasteiger partial charge is 0.356 e. The number of fused-ring (bicyclic) bond motifs is 4. The molecule has 1 N–H and O–H groups in total. The monoisotopic (exact) mass is 448 g/mol. The standard InChI is InChI=1S/C28H24N4O2/c1-18-9-5-6-12-20(18)16-29-31-17-25(33)32-24(28(31)34)15-22-21-13-7-8-14-23(21)30-26(22)27(32)19-10-3-2-4-11-19/h2-14,16,24,27,30H,15,17H2,1H3/b29-16-/t24-,27+/m0/s1. The number of aromatic nitrogens is 1. The number of rotatable bonds is 3. The van der Waals surface area contributed by atoms with Crippen LogP contribution in [0.2, 0.25) is 0 Å². The minimum Gasteiger partial charge on any atom is -0.356 e. The smallest absolute Gasteiger partial charge is 0.266 e. The van der Waals surface area contributed by atoms with Crippen molar-refractivity contribution < 1.29 is 9.59 Å². The Morgan fingerprint density at radius 2 is 1.68 bits per heavy atom. The molecule has 0 unspecified atom stereocenters. The quantitative estimate of drug-likeness (QED) is 0.478. The molecule has 0 bridgehead atoms. The summed E-state index contributed by atoms with van der Waals surface area (Å²) in [5, 5.41) is 6.87. The summed E-state index contributed by atoms with van der Waals surface area (Å²) in [6.07, 6.45) is 2.13. The van der Waals surface area contributed by atoms with Gasteiger partial charge in [-0.15, -0.1) is 0 Å². The Labute approximate surface area is 197 Å². The highest BCUT2D eigenvalue weighted by molar-refractivity contribution is 5.98. The van der Waals surface area contributed by atoms with E-state index < -0.39 is 6.04 Å². The Kier molecular flexibility index (Phi) is 4.80. The molecule has 2 amide bonds. The molecule has 0 saturated carbocycles. The van der Waals surface area contributed by atoms with E-state index in [0.717, 1.165) is 38.9 Å². The number of hydrazone groups is 1. The second-order valence-corrected chi connectivity index (χ2v) is 8.89. The fourth-order valence-electron chi connectivity index (χ4n) is 5.19. The third-order valence-electron chi connectivity index (χ3n) is 6.88. The normalized spacial score (nSPS) is 20.1. The number of H-pyrrole nitrogens is 1. The maximum absolute atomic E-state index is 13.7. The van der Waals surface area contributed by atoms with Gasteiger partial charge in [0.1, 0.15) is 12.6 Å². The minimum atomic E-state index is -0.604. The SMILES string of the molecule is Cc1ccccc1/C=N\N1CC(=O)N2[C@H](c3ccccc3)c3[nH]c4ccccc4c3C[C@H]2C1=O. The number of carbonyl (C=O) groups is 2. The van der Waals surface area contributed by atoms with Crippen molar-refractivity contribution in [2.45, 2.75) is 25.4 Å². The number of hydrogen-bond acceptors (Lipinski definition) is 3. The van der Waals surface area contributed by atoms with Crippen LogP contribution in [0, 0.1) is 6.92 Å². The van der Waals surface area contributed by atoms with Gasteiger partial charge in [-0.05, 0) is 35.2 Å². The Morgan fingerprint density at radius 1 is 0.941 bits per heavy atom. The van der Waals surface area contributed by atoms with Gasteiger partial charge in [-0.25, -0.2) is 5.01 Å². The van der Waals surface area contributed by atoms with Crippen LogP contribution >= 0.6 is 0 Å². The van der Waals surface area contributed by atoms with Crippen LogP contribution in [0.15, 0.2) is 84.0 Å². The van der Waals surface area contributed by atoms with Gasteiger partial charge in [0.25, 0.3) is 5.91 Å². The van der Waals surface area contributed by atoms with E-state index in [9.17, 15) is 9.59 Å². The lowest BCUT2D eigenvalue weighted by Gasteiger charge is -2.45. The molecule has 0 spiro atoms. The summed E-state index contributed by atoms with van der Waals surface area (Å²) in [6.45, 7) is 1.92. The van der Waals surface area contributed by atoms with Crippen LogP contribution in [-0.2, 0) is 16.0 Å². The van der Waals surface area contributed by atoms with Crippen LogP contribution in [0.3, 0.4) is 0 Å². The van der Waals surface area contributed by atoms with E-state index in [4.69, 9.17) is 0 Å². The number of aryl methyl sites for hydroxylation is 1. The van der Waals surface area contributed by atoms with Gasteiger partial charge in [0.2, 0.25) is 5.91 Å². The van der Waals surface area contributed by atoms with E-state index in [0.29, 0.717) is 6.42 Å². The minimum absolute atomic E-state index is 0.0728. The molecular weight excluding hydrogens is 424 g/mol. The number of para-hydroxylation sites is 1. The number of hydrogen-bond donors (Lipinski definition) is 1. The summed E-state index contributed by atoms with van der Waals surface area (Å²) in [5.74, 6) is -0.258. The highest BCUT2D eigenvalue weighted by atomic mass is 16.2. The molecule has 6 rings (SSSR count). The van der Waals surface area contributed by atoms with Crippen molar-refractivity contribution in [1.82, 2.24) is 14.9 Å². The van der Waals surface area contributed by atoms with Crippen molar-refractivity contribution in [2.24, 2.45) is 5.10 Å². The number of benzene rings is 3. The first-order valence-corrected chi connectivity index (χ1v) is 11.5. The van der Waals surface area contributed by atoms with Crippen LogP contribution in [0.25, 0.3) is 10.9 Å². The van der Waals surface area contributed by atoms with Gasteiger partial charge >= 0.3 is 0 Å². The van der Waals surface area contributed by atoms with Crippen LogP contribution in [0.4, 0.5) is 0 Å². The van der Waals surface area contributed by atoms with Gasteiger partial charge in [0, 0.05) is 23.0 Å². The first-order valence-electron chi connectivity index (χ1n) is 11.5. The molecule has 4 aromatic rings. The van der Waals surface area contributed by atoms with Crippen molar-refractivity contribution in [3.05, 3.63) is 107 Å². The van der Waals surface area contributed by atoms with Crippen molar-refractivity contribution in [3.63, 3.8) is 0 Å². The molecule has 3 heterocycles. The van der Waals surface area contributed by atoms with E-state index in [2.05, 4.69) is 16.2 Å². The summed E-state index contributed by atoms with van der Waals surface area (Å²) in [4.78, 5) is 32.5. The van der Waals surface area contributed by atoms with Crippen LogP contribution in [0.1, 0.15) is 34.0 Å². The first kappa shape index (κ1) is 20.4. The van der Waals surface area contributed by atoms with Crippen LogP contribution < -0.4 is 0 Å². The van der Waals surface area contributed by atoms with E-state index >= 15 is 0 Å². The Bertz CT molecular complexity index is 1440. The van der Waals surface area contributed by atoms with E-state index in [1.165, 1.54) is 5.01 Å². The lowest BCUT2D eigenvalue weighted by atomic mass is 9.86. The molecule has 6 nitrogen and oxygen atoms in total. The predicted octanol–water partition coefficient (Wildman–Crippen LogP) is 4.20. The number of aromatic amines is 1. The third kappa shape index (κ3) is 3.22. The summed E-state index contributed by atoms with van der Waals surface area (Å²) in [6, 6.07) is 24.9. The third-order valence-corrected chi connectivity index (χ3v) is 6.88. The molecule has 2 aliphatic rings. The number of carbonyl (C=O) groups excluding carboxylic acids is 2. The summed E-state index contributed by atoms with van der Waals surface area (Å²) >= 11 is 0. The summed E-state index contributed by atoms with van der Waals surface area (Å²) in [7, 11) is 0.